The summed E-state index contributed by atoms with van der Waals surface area (Å²) in [6.45, 7) is 6.52. The zero-order chi connectivity index (χ0) is 9.61. The van der Waals surface area contributed by atoms with Crippen LogP contribution >= 0.6 is 0 Å². The lowest BCUT2D eigenvalue weighted by Crippen LogP contribution is -2.31. The van der Waals surface area contributed by atoms with Gasteiger partial charge >= 0.3 is 6.41 Å². The van der Waals surface area contributed by atoms with Crippen molar-refractivity contribution in [3.05, 3.63) is 25.3 Å². The van der Waals surface area contributed by atoms with Crippen LogP contribution < -0.4 is 0 Å². The Morgan fingerprint density at radius 3 is 2.25 bits per heavy atom. The van der Waals surface area contributed by atoms with Crippen molar-refractivity contribution in [3.8, 4) is 0 Å². The van der Waals surface area contributed by atoms with E-state index >= 15 is 0 Å². The van der Waals surface area contributed by atoms with Crippen molar-refractivity contribution in [2.45, 2.75) is 0 Å². The van der Waals surface area contributed by atoms with Gasteiger partial charge in [-0.3, -0.25) is 4.79 Å². The number of amides is 1. The predicted molar refractivity (Wildman–Crippen MR) is 46.6 cm³/mol. The first-order valence-corrected chi connectivity index (χ1v) is 4.79. The number of rotatable bonds is 6. The molecule has 0 atom stereocenters. The van der Waals surface area contributed by atoms with E-state index in [4.69, 9.17) is 0 Å². The Bertz CT molecular complexity index is 268. The maximum atomic E-state index is 11.1. The lowest BCUT2D eigenvalue weighted by molar-refractivity contribution is 0.487. The number of hydrogen-bond donors (Lipinski definition) is 0. The summed E-state index contributed by atoms with van der Waals surface area (Å²) in [4.78, 5) is 10.2. The molecule has 0 unspecified atom stereocenters. The highest BCUT2D eigenvalue weighted by atomic mass is 32.2. The van der Waals surface area contributed by atoms with Gasteiger partial charge in [-0.1, -0.05) is 12.2 Å². The fourth-order valence-electron chi connectivity index (χ4n) is 0.564. The normalized spacial score (nSPS) is 10.3. The molecule has 4 nitrogen and oxygen atoms in total. The van der Waals surface area contributed by atoms with E-state index in [2.05, 4.69) is 13.2 Å². The second-order valence-electron chi connectivity index (χ2n) is 1.98. The van der Waals surface area contributed by atoms with Gasteiger partial charge in [0.2, 0.25) is 10.0 Å². The van der Waals surface area contributed by atoms with Crippen molar-refractivity contribution in [1.29, 1.82) is 0 Å². The Labute approximate surface area is 72.2 Å². The Balaban J connectivity index is 4.58. The van der Waals surface area contributed by atoms with Crippen molar-refractivity contribution >= 4 is 16.4 Å². The second-order valence-corrected chi connectivity index (χ2v) is 3.92. The molecule has 0 rings (SSSR count). The third-order valence-corrected chi connectivity index (χ3v) is 2.61. The summed E-state index contributed by atoms with van der Waals surface area (Å²) >= 11 is 0. The average molecular weight is 188 g/mol. The van der Waals surface area contributed by atoms with Crippen LogP contribution in [0, 0.1) is 0 Å². The van der Waals surface area contributed by atoms with E-state index in [0.717, 1.165) is 0 Å². The van der Waals surface area contributed by atoms with Crippen LogP contribution in [0.5, 0.6) is 0 Å². The quantitative estimate of drug-likeness (QED) is 0.437. The van der Waals surface area contributed by atoms with Crippen molar-refractivity contribution in [3.63, 3.8) is 0 Å². The number of hydrogen-bond acceptors (Lipinski definition) is 3. The summed E-state index contributed by atoms with van der Waals surface area (Å²) in [5.74, 6) is -0.268. The Morgan fingerprint density at radius 2 is 1.92 bits per heavy atom. The van der Waals surface area contributed by atoms with Gasteiger partial charge in [0.1, 0.15) is 0 Å². The zero-order valence-electron chi connectivity index (χ0n) is 6.56. The smallest absolute Gasteiger partial charge is 0.262 e. The second kappa shape index (κ2) is 4.71. The van der Waals surface area contributed by atoms with Gasteiger partial charge in [0, 0.05) is 0 Å². The van der Waals surface area contributed by atoms with Crippen molar-refractivity contribution < 1.29 is 13.2 Å². The van der Waals surface area contributed by atoms with Gasteiger partial charge < -0.3 is 0 Å². The summed E-state index contributed by atoms with van der Waals surface area (Å²) in [5.41, 5.74) is 0. The standard InChI is InChI=1S/C7H10NO3S/c1-3-5-8(7-9)12(10,11)6-4-2/h3-4H,1-2,5-6H2. The molecule has 0 saturated carbocycles. The summed E-state index contributed by atoms with van der Waals surface area (Å²) < 4.78 is 22.7. The van der Waals surface area contributed by atoms with Gasteiger partial charge in [-0.05, 0) is 0 Å². The maximum absolute atomic E-state index is 11.1. The minimum Gasteiger partial charge on any atom is -0.262 e. The molecule has 0 aliphatic heterocycles. The van der Waals surface area contributed by atoms with Gasteiger partial charge in [-0.25, -0.2) is 12.7 Å². The van der Waals surface area contributed by atoms with Crippen LogP contribution in [0.25, 0.3) is 0 Å². The minimum atomic E-state index is -3.56. The van der Waals surface area contributed by atoms with E-state index < -0.39 is 10.0 Å². The van der Waals surface area contributed by atoms with Crippen molar-refractivity contribution in [2.75, 3.05) is 12.3 Å². The van der Waals surface area contributed by atoms with E-state index in [0.29, 0.717) is 4.31 Å². The molecule has 0 heterocycles. The summed E-state index contributed by atoms with van der Waals surface area (Å²) in [7, 11) is -3.56. The minimum absolute atomic E-state index is 0.0559. The zero-order valence-corrected chi connectivity index (χ0v) is 7.38. The first-order valence-electron chi connectivity index (χ1n) is 3.18. The highest BCUT2D eigenvalue weighted by Crippen LogP contribution is 1.98. The van der Waals surface area contributed by atoms with Crippen molar-refractivity contribution in [2.24, 2.45) is 0 Å². The third-order valence-electron chi connectivity index (χ3n) is 1.06. The molecule has 0 spiro atoms. The molecule has 0 saturated heterocycles. The Hall–Kier alpha value is -1.10. The summed E-state index contributed by atoms with van der Waals surface area (Å²) in [5, 5.41) is 0. The fraction of sp³-hybridized carbons (Fsp3) is 0.286. The largest absolute Gasteiger partial charge is 0.326 e. The molecule has 1 amide bonds. The molecular weight excluding hydrogens is 178 g/mol. The molecule has 0 N–H and O–H groups in total. The topological polar surface area (TPSA) is 54.5 Å². The van der Waals surface area contributed by atoms with Gasteiger partial charge in [0.05, 0.1) is 12.3 Å². The van der Waals surface area contributed by atoms with E-state index in [9.17, 15) is 13.2 Å². The lowest BCUT2D eigenvalue weighted by atomic mass is 10.6. The van der Waals surface area contributed by atoms with Gasteiger partial charge in [0.25, 0.3) is 0 Å². The maximum Gasteiger partial charge on any atom is 0.326 e. The Kier molecular flexibility index (Phi) is 4.28. The summed E-state index contributed by atoms with van der Waals surface area (Å²) in [6.07, 6.45) is 3.83. The molecule has 5 heteroatoms. The van der Waals surface area contributed by atoms with Crippen LogP contribution in [0.4, 0.5) is 0 Å². The van der Waals surface area contributed by atoms with Crippen LogP contribution in [0.15, 0.2) is 25.3 Å². The number of nitrogens with zero attached hydrogens (tertiary/aromatic N) is 1. The SMILES string of the molecule is C=CCN([C]=O)S(=O)(=O)CC=C. The molecule has 0 aliphatic rings. The first kappa shape index (κ1) is 10.9. The van der Waals surface area contributed by atoms with Gasteiger partial charge in [0.15, 0.2) is 0 Å². The van der Waals surface area contributed by atoms with Crippen LogP contribution in [0.3, 0.4) is 0 Å². The van der Waals surface area contributed by atoms with Crippen molar-refractivity contribution in [1.82, 2.24) is 4.31 Å². The van der Waals surface area contributed by atoms with E-state index in [1.807, 2.05) is 0 Å². The molecule has 0 bridgehead atoms. The fourth-order valence-corrected chi connectivity index (χ4v) is 1.49. The molecule has 0 aromatic heterocycles. The van der Waals surface area contributed by atoms with Crippen LogP contribution in [-0.2, 0) is 14.8 Å². The van der Waals surface area contributed by atoms with E-state index in [1.54, 1.807) is 0 Å². The molecule has 0 aliphatic carbocycles. The molecular formula is C7H10NO3S. The van der Waals surface area contributed by atoms with Crippen LogP contribution in [0.2, 0.25) is 0 Å². The van der Waals surface area contributed by atoms with Gasteiger partial charge in [-0.15, -0.1) is 13.2 Å². The molecule has 67 valence electrons. The summed E-state index contributed by atoms with van der Waals surface area (Å²) in [6, 6.07) is 0. The first-order chi connectivity index (χ1) is 5.58. The van der Waals surface area contributed by atoms with Crippen LogP contribution in [0.1, 0.15) is 0 Å². The number of carbonyl (C=O) groups excluding carboxylic acids is 1. The molecule has 1 radical (unpaired) electrons. The third kappa shape index (κ3) is 2.87. The van der Waals surface area contributed by atoms with E-state index in [-0.39, 0.29) is 12.3 Å². The average Bonchev–Trinajstić information content (AvgIpc) is 1.99. The number of sulfonamides is 1. The Morgan fingerprint density at radius 1 is 1.33 bits per heavy atom. The molecule has 12 heavy (non-hydrogen) atoms. The van der Waals surface area contributed by atoms with Gasteiger partial charge in [-0.2, -0.15) is 0 Å². The lowest BCUT2D eigenvalue weighted by Gasteiger charge is -2.12. The van der Waals surface area contributed by atoms with E-state index in [1.165, 1.54) is 18.6 Å². The molecule has 0 fully saturated rings. The molecule has 0 aromatic carbocycles. The highest BCUT2D eigenvalue weighted by molar-refractivity contribution is 7.89. The predicted octanol–water partition coefficient (Wildman–Crippen LogP) is 0.0574. The van der Waals surface area contributed by atoms with Crippen LogP contribution in [-0.4, -0.2) is 31.4 Å². The monoisotopic (exact) mass is 188 g/mol. The highest BCUT2D eigenvalue weighted by Gasteiger charge is 2.17. The molecule has 0 aromatic rings.